The summed E-state index contributed by atoms with van der Waals surface area (Å²) in [6.45, 7) is 0. The molecule has 0 aliphatic heterocycles. The predicted molar refractivity (Wildman–Crippen MR) is 79.1 cm³/mol. The number of benzene rings is 1. The van der Waals surface area contributed by atoms with E-state index in [1.165, 1.54) is 0 Å². The first-order valence-corrected chi connectivity index (χ1v) is 6.40. The topological polar surface area (TPSA) is 61.4 Å². The first-order chi connectivity index (χ1) is 10.2. The minimum atomic E-state index is -0.108. The van der Waals surface area contributed by atoms with Crippen molar-refractivity contribution in [1.82, 2.24) is 9.61 Å². The first-order valence-electron chi connectivity index (χ1n) is 6.40. The fourth-order valence-electron chi connectivity index (χ4n) is 2.13. The Bertz CT molecular complexity index is 843. The number of amides is 1. The molecule has 1 amide bonds. The third-order valence-corrected chi connectivity index (χ3v) is 3.33. The van der Waals surface area contributed by atoms with Crippen molar-refractivity contribution >= 4 is 17.1 Å². The van der Waals surface area contributed by atoms with Crippen molar-refractivity contribution in [2.24, 2.45) is 0 Å². The molecule has 0 saturated heterocycles. The van der Waals surface area contributed by atoms with Gasteiger partial charge in [0.05, 0.1) is 17.1 Å². The number of nitrogens with zero attached hydrogens (tertiary/aromatic N) is 4. The molecule has 0 aliphatic rings. The van der Waals surface area contributed by atoms with Crippen LogP contribution in [-0.4, -0.2) is 22.6 Å². The molecule has 0 bridgehead atoms. The molecule has 0 N–H and O–H groups in total. The van der Waals surface area contributed by atoms with Crippen molar-refractivity contribution in [3.63, 3.8) is 0 Å². The van der Waals surface area contributed by atoms with Crippen molar-refractivity contribution in [2.45, 2.75) is 0 Å². The van der Waals surface area contributed by atoms with E-state index in [-0.39, 0.29) is 5.91 Å². The quantitative estimate of drug-likeness (QED) is 0.722. The Balaban J connectivity index is 1.90. The Hall–Kier alpha value is -3.13. The van der Waals surface area contributed by atoms with Crippen LogP contribution in [0.25, 0.3) is 5.52 Å². The fourth-order valence-corrected chi connectivity index (χ4v) is 2.13. The summed E-state index contributed by atoms with van der Waals surface area (Å²) in [5.74, 6) is -0.108. The lowest BCUT2D eigenvalue weighted by atomic mass is 10.2. The van der Waals surface area contributed by atoms with E-state index in [9.17, 15) is 4.79 Å². The second-order valence-corrected chi connectivity index (χ2v) is 4.64. The Morgan fingerprint density at radius 1 is 1.24 bits per heavy atom. The maximum atomic E-state index is 12.5. The predicted octanol–water partition coefficient (Wildman–Crippen LogP) is 2.48. The Kier molecular flexibility index (Phi) is 3.13. The third-order valence-electron chi connectivity index (χ3n) is 3.33. The number of carbonyl (C=O) groups excluding carboxylic acids is 1. The molecule has 1 aromatic carbocycles. The van der Waals surface area contributed by atoms with Crippen LogP contribution in [0.15, 0.2) is 54.9 Å². The molecule has 102 valence electrons. The number of hydrogen-bond acceptors (Lipinski definition) is 3. The zero-order chi connectivity index (χ0) is 14.8. The van der Waals surface area contributed by atoms with Crippen molar-refractivity contribution in [3.05, 3.63) is 66.0 Å². The van der Waals surface area contributed by atoms with Crippen LogP contribution < -0.4 is 4.90 Å². The molecule has 2 heterocycles. The summed E-state index contributed by atoms with van der Waals surface area (Å²) < 4.78 is 1.71. The summed E-state index contributed by atoms with van der Waals surface area (Å²) in [5, 5.41) is 12.9. The lowest BCUT2D eigenvalue weighted by Crippen LogP contribution is -2.26. The summed E-state index contributed by atoms with van der Waals surface area (Å²) >= 11 is 0. The molecule has 0 saturated carbocycles. The smallest absolute Gasteiger partial charge is 0.258 e. The van der Waals surface area contributed by atoms with Gasteiger partial charge in [-0.2, -0.15) is 10.4 Å². The number of nitriles is 1. The van der Waals surface area contributed by atoms with Crippen molar-refractivity contribution in [1.29, 1.82) is 5.26 Å². The zero-order valence-corrected chi connectivity index (χ0v) is 11.4. The SMILES string of the molecule is CN(C(=O)c1ccn2nccc2c1)c1ccc(C#N)cc1. The molecule has 3 aromatic rings. The van der Waals surface area contributed by atoms with Gasteiger partial charge in [0.15, 0.2) is 0 Å². The molecular formula is C16H12N4O. The molecule has 0 fully saturated rings. The summed E-state index contributed by atoms with van der Waals surface area (Å²) in [4.78, 5) is 14.1. The summed E-state index contributed by atoms with van der Waals surface area (Å²) in [6, 6.07) is 14.3. The normalized spacial score (nSPS) is 10.3. The van der Waals surface area contributed by atoms with Gasteiger partial charge in [-0.3, -0.25) is 4.79 Å². The van der Waals surface area contributed by atoms with Gasteiger partial charge >= 0.3 is 0 Å². The monoisotopic (exact) mass is 276 g/mol. The van der Waals surface area contributed by atoms with E-state index in [1.54, 1.807) is 65.3 Å². The highest BCUT2D eigenvalue weighted by molar-refractivity contribution is 6.06. The second kappa shape index (κ2) is 5.10. The van der Waals surface area contributed by atoms with Crippen molar-refractivity contribution in [2.75, 3.05) is 11.9 Å². The van der Waals surface area contributed by atoms with Gasteiger partial charge < -0.3 is 4.90 Å². The maximum absolute atomic E-state index is 12.5. The largest absolute Gasteiger partial charge is 0.311 e. The van der Waals surface area contributed by atoms with Crippen LogP contribution in [0, 0.1) is 11.3 Å². The highest BCUT2D eigenvalue weighted by Crippen LogP contribution is 2.17. The van der Waals surface area contributed by atoms with E-state index in [2.05, 4.69) is 11.2 Å². The van der Waals surface area contributed by atoms with E-state index in [0.29, 0.717) is 11.1 Å². The average molecular weight is 276 g/mol. The van der Waals surface area contributed by atoms with Gasteiger partial charge in [-0.05, 0) is 42.5 Å². The molecule has 3 rings (SSSR count). The molecular weight excluding hydrogens is 264 g/mol. The molecule has 0 radical (unpaired) electrons. The molecule has 0 unspecified atom stereocenters. The maximum Gasteiger partial charge on any atom is 0.258 e. The van der Waals surface area contributed by atoms with Crippen LogP contribution in [0.4, 0.5) is 5.69 Å². The van der Waals surface area contributed by atoms with Crippen molar-refractivity contribution < 1.29 is 4.79 Å². The average Bonchev–Trinajstić information content (AvgIpc) is 3.01. The number of aromatic nitrogens is 2. The molecule has 0 spiro atoms. The van der Waals surface area contributed by atoms with Gasteiger partial charge in [0, 0.05) is 30.7 Å². The van der Waals surface area contributed by atoms with E-state index in [0.717, 1.165) is 11.2 Å². The van der Waals surface area contributed by atoms with Gasteiger partial charge in [-0.1, -0.05) is 0 Å². The number of carbonyl (C=O) groups is 1. The second-order valence-electron chi connectivity index (χ2n) is 4.64. The number of fused-ring (bicyclic) bond motifs is 1. The van der Waals surface area contributed by atoms with Gasteiger partial charge in [0.2, 0.25) is 0 Å². The first kappa shape index (κ1) is 12.9. The van der Waals surface area contributed by atoms with Gasteiger partial charge in [0.1, 0.15) is 0 Å². The van der Waals surface area contributed by atoms with Crippen LogP contribution in [0.2, 0.25) is 0 Å². The zero-order valence-electron chi connectivity index (χ0n) is 11.4. The molecule has 0 atom stereocenters. The van der Waals surface area contributed by atoms with Gasteiger partial charge in [-0.15, -0.1) is 0 Å². The molecule has 5 nitrogen and oxygen atoms in total. The Labute approximate surface area is 121 Å². The van der Waals surface area contributed by atoms with Crippen molar-refractivity contribution in [3.8, 4) is 6.07 Å². The fraction of sp³-hybridized carbons (Fsp3) is 0.0625. The number of hydrogen-bond donors (Lipinski definition) is 0. The van der Waals surface area contributed by atoms with Crippen LogP contribution >= 0.6 is 0 Å². The Morgan fingerprint density at radius 2 is 2.00 bits per heavy atom. The molecule has 21 heavy (non-hydrogen) atoms. The number of anilines is 1. The number of rotatable bonds is 2. The molecule has 2 aromatic heterocycles. The van der Waals surface area contributed by atoms with Crippen LogP contribution in [-0.2, 0) is 0 Å². The van der Waals surface area contributed by atoms with E-state index < -0.39 is 0 Å². The van der Waals surface area contributed by atoms with E-state index >= 15 is 0 Å². The highest BCUT2D eigenvalue weighted by atomic mass is 16.2. The van der Waals surface area contributed by atoms with Crippen LogP contribution in [0.3, 0.4) is 0 Å². The summed E-state index contributed by atoms with van der Waals surface area (Å²) in [6.07, 6.45) is 3.45. The van der Waals surface area contributed by atoms with E-state index in [4.69, 9.17) is 5.26 Å². The Morgan fingerprint density at radius 3 is 2.71 bits per heavy atom. The summed E-state index contributed by atoms with van der Waals surface area (Å²) in [7, 11) is 1.71. The van der Waals surface area contributed by atoms with Gasteiger partial charge in [0.25, 0.3) is 5.91 Å². The highest BCUT2D eigenvalue weighted by Gasteiger charge is 2.14. The lowest BCUT2D eigenvalue weighted by molar-refractivity contribution is 0.0993. The molecule has 5 heteroatoms. The molecule has 0 aliphatic carbocycles. The van der Waals surface area contributed by atoms with Crippen LogP contribution in [0.5, 0.6) is 0 Å². The minimum absolute atomic E-state index is 0.108. The van der Waals surface area contributed by atoms with E-state index in [1.807, 2.05) is 6.07 Å². The number of pyridine rings is 1. The lowest BCUT2D eigenvalue weighted by Gasteiger charge is -2.17. The summed E-state index contributed by atoms with van der Waals surface area (Å²) in [5.41, 5.74) is 2.77. The third kappa shape index (κ3) is 2.35. The van der Waals surface area contributed by atoms with Crippen LogP contribution in [0.1, 0.15) is 15.9 Å². The van der Waals surface area contributed by atoms with Gasteiger partial charge in [-0.25, -0.2) is 4.52 Å². The minimum Gasteiger partial charge on any atom is -0.311 e. The standard InChI is InChI=1S/C16H12N4O/c1-19(14-4-2-12(11-17)3-5-14)16(21)13-7-9-20-15(10-13)6-8-18-20/h2-10H,1H3.